The lowest BCUT2D eigenvalue weighted by Crippen LogP contribution is -2.03. The zero-order chi connectivity index (χ0) is 10.7. The minimum atomic E-state index is 0.244. The summed E-state index contributed by atoms with van der Waals surface area (Å²) in [6.45, 7) is 11.6. The third kappa shape index (κ3) is 2.44. The minimum Gasteiger partial charge on any atom is -0.294 e. The van der Waals surface area contributed by atoms with E-state index in [2.05, 4.69) is 13.2 Å². The summed E-state index contributed by atoms with van der Waals surface area (Å²) in [4.78, 5) is 11.8. The van der Waals surface area contributed by atoms with E-state index >= 15 is 0 Å². The third-order valence-electron chi connectivity index (χ3n) is 2.53. The molecule has 1 aliphatic rings. The van der Waals surface area contributed by atoms with Crippen LogP contribution in [0.5, 0.6) is 0 Å². The molecule has 0 aromatic carbocycles. The maximum Gasteiger partial charge on any atom is 0.163 e. The summed E-state index contributed by atoms with van der Waals surface area (Å²) in [5.41, 5.74) is 4.18. The van der Waals surface area contributed by atoms with E-state index in [0.29, 0.717) is 6.42 Å². The van der Waals surface area contributed by atoms with Gasteiger partial charge in [0.05, 0.1) is 0 Å². The van der Waals surface area contributed by atoms with Crippen LogP contribution in [0.15, 0.2) is 35.5 Å². The molecule has 0 fully saturated rings. The molecule has 0 aliphatic heterocycles. The molecular formula is C13H18O. The highest BCUT2D eigenvalue weighted by atomic mass is 16.1. The van der Waals surface area contributed by atoms with Gasteiger partial charge < -0.3 is 0 Å². The van der Waals surface area contributed by atoms with Crippen LogP contribution in [0.1, 0.15) is 39.5 Å². The molecule has 0 saturated carbocycles. The van der Waals surface area contributed by atoms with Crippen LogP contribution in [0.3, 0.4) is 0 Å². The number of carbonyl (C=O) groups excluding carboxylic acids is 1. The normalized spacial score (nSPS) is 15.9. The summed E-state index contributed by atoms with van der Waals surface area (Å²) in [6, 6.07) is 0. The zero-order valence-corrected chi connectivity index (χ0v) is 9.15. The summed E-state index contributed by atoms with van der Waals surface area (Å²) in [5, 5.41) is 0. The second-order valence-electron chi connectivity index (χ2n) is 4.15. The fraction of sp³-hybridized carbons (Fsp3) is 0.462. The SMILES string of the molecule is C=C(C)CC(=O)C1=C(C(=C)C)CCC1. The smallest absolute Gasteiger partial charge is 0.163 e. The van der Waals surface area contributed by atoms with Gasteiger partial charge in [-0.25, -0.2) is 0 Å². The molecule has 1 nitrogen and oxygen atoms in total. The molecule has 0 amide bonds. The highest BCUT2D eigenvalue weighted by Crippen LogP contribution is 2.31. The van der Waals surface area contributed by atoms with Crippen molar-refractivity contribution in [2.75, 3.05) is 0 Å². The van der Waals surface area contributed by atoms with E-state index in [4.69, 9.17) is 0 Å². The molecule has 0 aromatic heterocycles. The van der Waals surface area contributed by atoms with E-state index in [9.17, 15) is 4.79 Å². The Labute approximate surface area is 86.2 Å². The van der Waals surface area contributed by atoms with Crippen molar-refractivity contribution in [3.8, 4) is 0 Å². The van der Waals surface area contributed by atoms with Gasteiger partial charge in [-0.15, -0.1) is 0 Å². The van der Waals surface area contributed by atoms with E-state index in [-0.39, 0.29) is 5.78 Å². The van der Waals surface area contributed by atoms with Gasteiger partial charge in [-0.3, -0.25) is 4.79 Å². The van der Waals surface area contributed by atoms with Gasteiger partial charge in [0.2, 0.25) is 0 Å². The van der Waals surface area contributed by atoms with Crippen LogP contribution >= 0.6 is 0 Å². The molecule has 0 aromatic rings. The Morgan fingerprint density at radius 3 is 2.29 bits per heavy atom. The van der Waals surface area contributed by atoms with Crippen LogP contribution in [0.4, 0.5) is 0 Å². The van der Waals surface area contributed by atoms with E-state index in [0.717, 1.165) is 36.0 Å². The molecule has 0 unspecified atom stereocenters. The lowest BCUT2D eigenvalue weighted by atomic mass is 9.98. The Balaban J connectivity index is 2.84. The first-order chi connectivity index (χ1) is 6.52. The number of carbonyl (C=O) groups is 1. The molecular weight excluding hydrogens is 172 g/mol. The van der Waals surface area contributed by atoms with Crippen LogP contribution in [0.2, 0.25) is 0 Å². The van der Waals surface area contributed by atoms with Crippen LogP contribution in [-0.4, -0.2) is 5.78 Å². The second kappa shape index (κ2) is 4.41. The van der Waals surface area contributed by atoms with E-state index in [1.807, 2.05) is 13.8 Å². The van der Waals surface area contributed by atoms with Crippen molar-refractivity contribution in [1.82, 2.24) is 0 Å². The first kappa shape index (κ1) is 11.0. The van der Waals surface area contributed by atoms with Gasteiger partial charge in [0.25, 0.3) is 0 Å². The summed E-state index contributed by atoms with van der Waals surface area (Å²) < 4.78 is 0. The molecule has 0 N–H and O–H groups in total. The van der Waals surface area contributed by atoms with Crippen LogP contribution < -0.4 is 0 Å². The number of hydrogen-bond donors (Lipinski definition) is 0. The fourth-order valence-corrected chi connectivity index (χ4v) is 1.90. The maximum absolute atomic E-state index is 11.8. The molecule has 0 radical (unpaired) electrons. The van der Waals surface area contributed by atoms with Crippen molar-refractivity contribution < 1.29 is 4.79 Å². The second-order valence-corrected chi connectivity index (χ2v) is 4.15. The Hall–Kier alpha value is -1.11. The average molecular weight is 190 g/mol. The van der Waals surface area contributed by atoms with Crippen LogP contribution in [0, 0.1) is 0 Å². The van der Waals surface area contributed by atoms with Crippen LogP contribution in [-0.2, 0) is 4.79 Å². The van der Waals surface area contributed by atoms with Gasteiger partial charge in [-0.1, -0.05) is 24.3 Å². The van der Waals surface area contributed by atoms with E-state index in [1.54, 1.807) is 0 Å². The highest BCUT2D eigenvalue weighted by molar-refractivity contribution is 5.98. The first-order valence-electron chi connectivity index (χ1n) is 5.08. The van der Waals surface area contributed by atoms with Gasteiger partial charge in [0.15, 0.2) is 5.78 Å². The molecule has 0 spiro atoms. The minimum absolute atomic E-state index is 0.244. The maximum atomic E-state index is 11.8. The summed E-state index contributed by atoms with van der Waals surface area (Å²) >= 11 is 0. The van der Waals surface area contributed by atoms with Gasteiger partial charge in [-0.2, -0.15) is 0 Å². The molecule has 1 aliphatic carbocycles. The van der Waals surface area contributed by atoms with Crippen LogP contribution in [0.25, 0.3) is 0 Å². The molecule has 1 rings (SSSR count). The average Bonchev–Trinajstić information content (AvgIpc) is 2.49. The van der Waals surface area contributed by atoms with Gasteiger partial charge in [0.1, 0.15) is 0 Å². The van der Waals surface area contributed by atoms with Gasteiger partial charge >= 0.3 is 0 Å². The third-order valence-corrected chi connectivity index (χ3v) is 2.53. The number of rotatable bonds is 4. The Morgan fingerprint density at radius 1 is 1.21 bits per heavy atom. The molecule has 0 bridgehead atoms. The molecule has 1 heteroatoms. The standard InChI is InChI=1S/C13H18O/c1-9(2)8-13(14)12-7-5-6-11(12)10(3)4/h1,3,5-8H2,2,4H3. The van der Waals surface area contributed by atoms with Crippen molar-refractivity contribution in [2.24, 2.45) is 0 Å². The summed E-state index contributed by atoms with van der Waals surface area (Å²) in [7, 11) is 0. The van der Waals surface area contributed by atoms with Crippen molar-refractivity contribution in [3.63, 3.8) is 0 Å². The van der Waals surface area contributed by atoms with Crippen molar-refractivity contribution in [3.05, 3.63) is 35.5 Å². The Bertz CT molecular complexity index is 318. The quantitative estimate of drug-likeness (QED) is 0.619. The van der Waals surface area contributed by atoms with E-state index < -0.39 is 0 Å². The zero-order valence-electron chi connectivity index (χ0n) is 9.15. The van der Waals surface area contributed by atoms with Crippen molar-refractivity contribution in [2.45, 2.75) is 39.5 Å². The molecule has 0 saturated heterocycles. The Morgan fingerprint density at radius 2 is 1.79 bits per heavy atom. The topological polar surface area (TPSA) is 17.1 Å². The predicted octanol–water partition coefficient (Wildman–Crippen LogP) is 3.58. The number of ketones is 1. The summed E-state index contributed by atoms with van der Waals surface area (Å²) in [5.74, 6) is 0.244. The molecule has 76 valence electrons. The number of hydrogen-bond acceptors (Lipinski definition) is 1. The molecule has 14 heavy (non-hydrogen) atoms. The Kier molecular flexibility index (Phi) is 3.45. The van der Waals surface area contributed by atoms with Crippen molar-refractivity contribution >= 4 is 5.78 Å². The first-order valence-corrected chi connectivity index (χ1v) is 5.08. The lowest BCUT2D eigenvalue weighted by Gasteiger charge is -2.05. The highest BCUT2D eigenvalue weighted by Gasteiger charge is 2.20. The van der Waals surface area contributed by atoms with Gasteiger partial charge in [0, 0.05) is 6.42 Å². The predicted molar refractivity (Wildman–Crippen MR) is 60.1 cm³/mol. The lowest BCUT2D eigenvalue weighted by molar-refractivity contribution is -0.115. The van der Waals surface area contributed by atoms with Gasteiger partial charge in [-0.05, 0) is 44.3 Å². The van der Waals surface area contributed by atoms with E-state index in [1.165, 1.54) is 5.57 Å². The summed E-state index contributed by atoms with van der Waals surface area (Å²) in [6.07, 6.45) is 3.53. The number of allylic oxidation sites excluding steroid dienone is 4. The molecule has 0 heterocycles. The largest absolute Gasteiger partial charge is 0.294 e. The molecule has 0 atom stereocenters. The number of Topliss-reactive ketones (excluding diaryl/α,β-unsaturated/α-hetero) is 1. The fourth-order valence-electron chi connectivity index (χ4n) is 1.90. The monoisotopic (exact) mass is 190 g/mol. The van der Waals surface area contributed by atoms with Crippen molar-refractivity contribution in [1.29, 1.82) is 0 Å².